The lowest BCUT2D eigenvalue weighted by atomic mass is 10.1. The highest BCUT2D eigenvalue weighted by Gasteiger charge is 2.31. The Labute approximate surface area is 130 Å². The molecule has 2 aliphatic heterocycles. The fourth-order valence-electron chi connectivity index (χ4n) is 3.29. The standard InChI is InChI=1S/C17H21N5/c1-3-18-14-8-15-17(20-13-6-7-22(15)10-13)21-16(14)12-5-4-11(2)19-9-12/h4-5,8-9,13,18H,3,6-7,10H2,1-2H3,(H,20,21). The van der Waals surface area contributed by atoms with E-state index in [2.05, 4.69) is 39.6 Å². The summed E-state index contributed by atoms with van der Waals surface area (Å²) in [5.41, 5.74) is 5.35. The largest absolute Gasteiger partial charge is 0.383 e. The van der Waals surface area contributed by atoms with E-state index in [0.717, 1.165) is 48.1 Å². The zero-order chi connectivity index (χ0) is 15.1. The topological polar surface area (TPSA) is 53.1 Å². The normalized spacial score (nSPS) is 18.8. The minimum absolute atomic E-state index is 0.536. The van der Waals surface area contributed by atoms with Crippen molar-refractivity contribution in [1.82, 2.24) is 9.97 Å². The van der Waals surface area contributed by atoms with E-state index in [1.165, 1.54) is 12.1 Å². The van der Waals surface area contributed by atoms with Crippen molar-refractivity contribution in [2.24, 2.45) is 0 Å². The van der Waals surface area contributed by atoms with Gasteiger partial charge in [0.2, 0.25) is 0 Å². The predicted octanol–water partition coefficient (Wildman–Crippen LogP) is 2.89. The van der Waals surface area contributed by atoms with Crippen LogP contribution in [-0.2, 0) is 0 Å². The van der Waals surface area contributed by atoms with Crippen molar-refractivity contribution in [2.45, 2.75) is 26.3 Å². The van der Waals surface area contributed by atoms with E-state index >= 15 is 0 Å². The molecule has 1 fully saturated rings. The molecule has 5 nitrogen and oxygen atoms in total. The first-order chi connectivity index (χ1) is 10.7. The molecule has 1 unspecified atom stereocenters. The summed E-state index contributed by atoms with van der Waals surface area (Å²) in [5, 5.41) is 7.03. The van der Waals surface area contributed by atoms with Gasteiger partial charge in [-0.05, 0) is 38.5 Å². The number of hydrogen-bond donors (Lipinski definition) is 2. The average Bonchev–Trinajstić information content (AvgIpc) is 2.91. The molecule has 0 saturated carbocycles. The lowest BCUT2D eigenvalue weighted by molar-refractivity contribution is 0.788. The third-order valence-electron chi connectivity index (χ3n) is 4.42. The van der Waals surface area contributed by atoms with E-state index in [-0.39, 0.29) is 0 Å². The van der Waals surface area contributed by atoms with Crippen LogP contribution in [0.3, 0.4) is 0 Å². The second-order valence-corrected chi connectivity index (χ2v) is 6.05. The summed E-state index contributed by atoms with van der Waals surface area (Å²) in [7, 11) is 0. The Morgan fingerprint density at radius 2 is 2.32 bits per heavy atom. The molecule has 1 saturated heterocycles. The number of rotatable bonds is 3. The molecule has 0 radical (unpaired) electrons. The van der Waals surface area contributed by atoms with Gasteiger partial charge in [-0.15, -0.1) is 0 Å². The van der Waals surface area contributed by atoms with Crippen LogP contribution >= 0.6 is 0 Å². The third-order valence-corrected chi connectivity index (χ3v) is 4.42. The summed E-state index contributed by atoms with van der Waals surface area (Å²) in [6.07, 6.45) is 3.09. The Morgan fingerprint density at radius 3 is 3.09 bits per heavy atom. The molecule has 2 N–H and O–H groups in total. The van der Waals surface area contributed by atoms with Gasteiger partial charge in [-0.1, -0.05) is 0 Å². The Hall–Kier alpha value is -2.30. The maximum atomic E-state index is 4.92. The molecule has 0 spiro atoms. The molecule has 114 valence electrons. The van der Waals surface area contributed by atoms with Crippen LogP contribution in [-0.4, -0.2) is 35.6 Å². The van der Waals surface area contributed by atoms with Crippen molar-refractivity contribution < 1.29 is 0 Å². The van der Waals surface area contributed by atoms with Crippen molar-refractivity contribution in [3.05, 3.63) is 30.1 Å². The molecule has 4 heterocycles. The van der Waals surface area contributed by atoms with Crippen LogP contribution in [0.1, 0.15) is 19.0 Å². The number of hydrogen-bond acceptors (Lipinski definition) is 5. The lowest BCUT2D eigenvalue weighted by Crippen LogP contribution is -2.32. The summed E-state index contributed by atoms with van der Waals surface area (Å²) in [6.45, 7) is 7.19. The van der Waals surface area contributed by atoms with Crippen molar-refractivity contribution >= 4 is 17.2 Å². The Balaban J connectivity index is 1.83. The zero-order valence-electron chi connectivity index (χ0n) is 13.1. The second-order valence-electron chi connectivity index (χ2n) is 6.05. The Kier molecular flexibility index (Phi) is 3.13. The van der Waals surface area contributed by atoms with E-state index in [1.807, 2.05) is 19.2 Å². The SMILES string of the molecule is CCNc1cc2c(nc1-c1ccc(C)nc1)NC1CCN2C1. The fraction of sp³-hybridized carbons (Fsp3) is 0.412. The van der Waals surface area contributed by atoms with E-state index in [4.69, 9.17) is 4.98 Å². The minimum Gasteiger partial charge on any atom is -0.383 e. The van der Waals surface area contributed by atoms with Crippen LogP contribution in [0.2, 0.25) is 0 Å². The third kappa shape index (κ3) is 2.17. The van der Waals surface area contributed by atoms with Gasteiger partial charge in [-0.2, -0.15) is 0 Å². The van der Waals surface area contributed by atoms with E-state index in [1.54, 1.807) is 0 Å². The van der Waals surface area contributed by atoms with Crippen molar-refractivity contribution in [2.75, 3.05) is 35.2 Å². The van der Waals surface area contributed by atoms with Gasteiger partial charge in [-0.25, -0.2) is 4.98 Å². The van der Waals surface area contributed by atoms with Crippen LogP contribution in [0.5, 0.6) is 0 Å². The summed E-state index contributed by atoms with van der Waals surface area (Å²) in [5.74, 6) is 1.01. The first-order valence-corrected chi connectivity index (χ1v) is 7.98. The van der Waals surface area contributed by atoms with Crippen molar-refractivity contribution in [3.8, 4) is 11.3 Å². The number of pyridine rings is 2. The molecular weight excluding hydrogens is 274 g/mol. The van der Waals surface area contributed by atoms with Gasteiger partial charge >= 0.3 is 0 Å². The zero-order valence-corrected chi connectivity index (χ0v) is 13.1. The molecule has 0 aliphatic carbocycles. The molecular formula is C17H21N5. The van der Waals surface area contributed by atoms with Gasteiger partial charge in [0.15, 0.2) is 5.82 Å². The number of aryl methyl sites for hydroxylation is 1. The van der Waals surface area contributed by atoms with Gasteiger partial charge in [0.05, 0.1) is 17.1 Å². The number of nitrogens with zero attached hydrogens (tertiary/aromatic N) is 3. The molecule has 2 aromatic rings. The van der Waals surface area contributed by atoms with Gasteiger partial charge in [0.1, 0.15) is 0 Å². The smallest absolute Gasteiger partial charge is 0.150 e. The van der Waals surface area contributed by atoms with E-state index in [9.17, 15) is 0 Å². The van der Waals surface area contributed by atoms with Gasteiger partial charge in [0.25, 0.3) is 0 Å². The van der Waals surface area contributed by atoms with Crippen LogP contribution in [0.25, 0.3) is 11.3 Å². The summed E-state index contributed by atoms with van der Waals surface area (Å²) in [4.78, 5) is 11.8. The lowest BCUT2D eigenvalue weighted by Gasteiger charge is -2.29. The molecule has 2 bridgehead atoms. The molecule has 2 aromatic heterocycles. The van der Waals surface area contributed by atoms with Crippen LogP contribution < -0.4 is 15.5 Å². The number of nitrogens with one attached hydrogen (secondary N) is 2. The Bertz CT molecular complexity index is 695. The summed E-state index contributed by atoms with van der Waals surface area (Å²) < 4.78 is 0. The fourth-order valence-corrected chi connectivity index (χ4v) is 3.29. The van der Waals surface area contributed by atoms with E-state index < -0.39 is 0 Å². The first-order valence-electron chi connectivity index (χ1n) is 7.98. The highest BCUT2D eigenvalue weighted by Crippen LogP contribution is 2.39. The highest BCUT2D eigenvalue weighted by molar-refractivity contribution is 5.83. The van der Waals surface area contributed by atoms with Crippen molar-refractivity contribution in [1.29, 1.82) is 0 Å². The number of fused-ring (bicyclic) bond motifs is 4. The van der Waals surface area contributed by atoms with E-state index in [0.29, 0.717) is 6.04 Å². The van der Waals surface area contributed by atoms with Crippen molar-refractivity contribution in [3.63, 3.8) is 0 Å². The van der Waals surface area contributed by atoms with Gasteiger partial charge in [-0.3, -0.25) is 4.98 Å². The average molecular weight is 295 g/mol. The maximum Gasteiger partial charge on any atom is 0.150 e. The highest BCUT2D eigenvalue weighted by atomic mass is 15.3. The van der Waals surface area contributed by atoms with Gasteiger partial charge < -0.3 is 15.5 Å². The van der Waals surface area contributed by atoms with Crippen LogP contribution in [0.4, 0.5) is 17.2 Å². The molecule has 0 amide bonds. The molecule has 5 heteroatoms. The first kappa shape index (κ1) is 13.4. The second kappa shape index (κ2) is 5.16. The Morgan fingerprint density at radius 1 is 1.41 bits per heavy atom. The monoisotopic (exact) mass is 295 g/mol. The quantitative estimate of drug-likeness (QED) is 0.912. The number of aromatic nitrogens is 2. The van der Waals surface area contributed by atoms with Crippen LogP contribution in [0, 0.1) is 6.92 Å². The number of anilines is 3. The van der Waals surface area contributed by atoms with Crippen LogP contribution in [0.15, 0.2) is 24.4 Å². The van der Waals surface area contributed by atoms with Gasteiger partial charge in [0, 0.05) is 43.1 Å². The predicted molar refractivity (Wildman–Crippen MR) is 90.6 cm³/mol. The molecule has 4 rings (SSSR count). The molecule has 2 aliphatic rings. The molecule has 0 aromatic carbocycles. The minimum atomic E-state index is 0.536. The summed E-state index contributed by atoms with van der Waals surface area (Å²) in [6, 6.07) is 6.90. The maximum absolute atomic E-state index is 4.92. The molecule has 22 heavy (non-hydrogen) atoms. The molecule has 1 atom stereocenters. The summed E-state index contributed by atoms with van der Waals surface area (Å²) >= 11 is 0.